The zero-order valence-electron chi connectivity index (χ0n) is 13.4. The highest BCUT2D eigenvalue weighted by molar-refractivity contribution is 5.88. The average molecular weight is 320 g/mol. The van der Waals surface area contributed by atoms with Gasteiger partial charge in [-0.05, 0) is 54.8 Å². The minimum atomic E-state index is -0.421. The van der Waals surface area contributed by atoms with E-state index in [1.807, 2.05) is 44.2 Å². The van der Waals surface area contributed by atoms with Gasteiger partial charge in [-0.2, -0.15) is 0 Å². The van der Waals surface area contributed by atoms with Gasteiger partial charge in [-0.15, -0.1) is 0 Å². The SMILES string of the molecule is Cc1cc(C=Cc2ccc3cccc([N+](=O)[O-])c3n2)cc(C)c1O. The summed E-state index contributed by atoms with van der Waals surface area (Å²) in [4.78, 5) is 15.1. The number of para-hydroxylation sites is 1. The van der Waals surface area contributed by atoms with Crippen molar-refractivity contribution in [3.63, 3.8) is 0 Å². The number of aromatic nitrogens is 1. The number of hydrogen-bond donors (Lipinski definition) is 1. The number of phenols is 1. The van der Waals surface area contributed by atoms with Crippen LogP contribution in [0.5, 0.6) is 5.75 Å². The van der Waals surface area contributed by atoms with E-state index >= 15 is 0 Å². The first-order valence-corrected chi connectivity index (χ1v) is 7.48. The first kappa shape index (κ1) is 15.7. The Balaban J connectivity index is 2.01. The quantitative estimate of drug-likeness (QED) is 0.563. The van der Waals surface area contributed by atoms with Crippen LogP contribution in [0.2, 0.25) is 0 Å². The molecule has 1 aromatic heterocycles. The fraction of sp³-hybridized carbons (Fsp3) is 0.105. The molecule has 0 fully saturated rings. The average Bonchev–Trinajstić information content (AvgIpc) is 2.56. The lowest BCUT2D eigenvalue weighted by molar-refractivity contribution is -0.383. The van der Waals surface area contributed by atoms with Crippen molar-refractivity contribution in [2.45, 2.75) is 13.8 Å². The molecule has 0 amide bonds. The standard InChI is InChI=1S/C19H16N2O3/c1-12-10-14(11-13(2)19(12)22)6-8-16-9-7-15-4-3-5-17(21(23)24)18(15)20-16/h3-11,22H,1-2H3. The van der Waals surface area contributed by atoms with E-state index in [0.29, 0.717) is 17.0 Å². The van der Waals surface area contributed by atoms with Crippen molar-refractivity contribution in [1.29, 1.82) is 0 Å². The van der Waals surface area contributed by atoms with Gasteiger partial charge in [-0.3, -0.25) is 10.1 Å². The van der Waals surface area contributed by atoms with Crippen LogP contribution in [0.25, 0.3) is 23.1 Å². The second-order valence-corrected chi connectivity index (χ2v) is 5.68. The summed E-state index contributed by atoms with van der Waals surface area (Å²) < 4.78 is 0. The van der Waals surface area contributed by atoms with E-state index < -0.39 is 4.92 Å². The second kappa shape index (κ2) is 6.12. The Kier molecular flexibility index (Phi) is 4.00. The Bertz CT molecular complexity index is 955. The van der Waals surface area contributed by atoms with Crippen molar-refractivity contribution in [3.8, 4) is 5.75 Å². The first-order valence-electron chi connectivity index (χ1n) is 7.48. The number of fused-ring (bicyclic) bond motifs is 1. The van der Waals surface area contributed by atoms with Crippen LogP contribution in [0, 0.1) is 24.0 Å². The summed E-state index contributed by atoms with van der Waals surface area (Å²) in [5.74, 6) is 0.298. The van der Waals surface area contributed by atoms with E-state index in [2.05, 4.69) is 4.98 Å². The van der Waals surface area contributed by atoms with Gasteiger partial charge in [0.2, 0.25) is 0 Å². The molecule has 24 heavy (non-hydrogen) atoms. The third kappa shape index (κ3) is 2.96. The van der Waals surface area contributed by atoms with Gasteiger partial charge in [0.1, 0.15) is 11.3 Å². The van der Waals surface area contributed by atoms with Crippen molar-refractivity contribution in [1.82, 2.24) is 4.98 Å². The van der Waals surface area contributed by atoms with Gasteiger partial charge in [0.15, 0.2) is 0 Å². The maximum atomic E-state index is 11.1. The van der Waals surface area contributed by atoms with Gasteiger partial charge in [0.05, 0.1) is 10.6 Å². The Hall–Kier alpha value is -3.21. The van der Waals surface area contributed by atoms with E-state index in [-0.39, 0.29) is 5.69 Å². The molecule has 3 rings (SSSR count). The Morgan fingerprint density at radius 3 is 2.46 bits per heavy atom. The normalized spacial score (nSPS) is 11.2. The van der Waals surface area contributed by atoms with Crippen LogP contribution in [-0.4, -0.2) is 15.0 Å². The van der Waals surface area contributed by atoms with Gasteiger partial charge in [-0.1, -0.05) is 24.3 Å². The van der Waals surface area contributed by atoms with Crippen LogP contribution in [0.15, 0.2) is 42.5 Å². The van der Waals surface area contributed by atoms with Gasteiger partial charge >= 0.3 is 0 Å². The molecule has 0 aliphatic rings. The summed E-state index contributed by atoms with van der Waals surface area (Å²) in [5.41, 5.74) is 3.56. The topological polar surface area (TPSA) is 76.3 Å². The van der Waals surface area contributed by atoms with Crippen LogP contribution in [0.3, 0.4) is 0 Å². The molecule has 0 bridgehead atoms. The summed E-state index contributed by atoms with van der Waals surface area (Å²) in [6, 6.07) is 12.3. The van der Waals surface area contributed by atoms with Crippen LogP contribution < -0.4 is 0 Å². The molecule has 5 heteroatoms. The number of benzene rings is 2. The summed E-state index contributed by atoms with van der Waals surface area (Å²) in [6.07, 6.45) is 3.68. The number of hydrogen-bond acceptors (Lipinski definition) is 4. The molecule has 0 radical (unpaired) electrons. The Morgan fingerprint density at radius 2 is 1.79 bits per heavy atom. The van der Waals surface area contributed by atoms with Crippen LogP contribution in [0.1, 0.15) is 22.4 Å². The maximum Gasteiger partial charge on any atom is 0.295 e. The second-order valence-electron chi connectivity index (χ2n) is 5.68. The molecule has 0 aliphatic carbocycles. The summed E-state index contributed by atoms with van der Waals surface area (Å²) in [7, 11) is 0. The van der Waals surface area contributed by atoms with Gasteiger partial charge in [0.25, 0.3) is 5.69 Å². The molecule has 120 valence electrons. The molecule has 0 saturated heterocycles. The number of nitro groups is 1. The number of phenolic OH excluding ortho intramolecular Hbond substituents is 1. The lowest BCUT2D eigenvalue weighted by Crippen LogP contribution is -1.92. The third-order valence-corrected chi connectivity index (χ3v) is 3.88. The van der Waals surface area contributed by atoms with Crippen LogP contribution in [-0.2, 0) is 0 Å². The highest BCUT2D eigenvalue weighted by Crippen LogP contribution is 2.26. The minimum Gasteiger partial charge on any atom is -0.507 e. The molecular weight excluding hydrogens is 304 g/mol. The maximum absolute atomic E-state index is 11.1. The molecule has 1 heterocycles. The van der Waals surface area contributed by atoms with Crippen LogP contribution >= 0.6 is 0 Å². The fourth-order valence-electron chi connectivity index (χ4n) is 2.65. The molecule has 0 atom stereocenters. The molecule has 5 nitrogen and oxygen atoms in total. The zero-order chi connectivity index (χ0) is 17.3. The molecule has 0 spiro atoms. The van der Waals surface area contributed by atoms with Crippen molar-refractivity contribution in [2.24, 2.45) is 0 Å². The molecule has 3 aromatic rings. The zero-order valence-corrected chi connectivity index (χ0v) is 13.4. The first-order chi connectivity index (χ1) is 11.5. The van der Waals surface area contributed by atoms with Crippen molar-refractivity contribution < 1.29 is 10.0 Å². The molecule has 1 N–H and O–H groups in total. The lowest BCUT2D eigenvalue weighted by atomic mass is 10.1. The smallest absolute Gasteiger partial charge is 0.295 e. The number of pyridine rings is 1. The summed E-state index contributed by atoms with van der Waals surface area (Å²) in [6.45, 7) is 3.69. The van der Waals surface area contributed by atoms with E-state index in [1.54, 1.807) is 18.2 Å². The Labute approximate surface area is 139 Å². The molecular formula is C19H16N2O3. The number of aryl methyl sites for hydroxylation is 2. The number of aromatic hydroxyl groups is 1. The molecule has 0 aliphatic heterocycles. The van der Waals surface area contributed by atoms with Crippen LogP contribution in [0.4, 0.5) is 5.69 Å². The molecule has 2 aromatic carbocycles. The number of non-ortho nitro benzene ring substituents is 1. The number of nitrogens with zero attached hydrogens (tertiary/aromatic N) is 2. The van der Waals surface area contributed by atoms with E-state index in [0.717, 1.165) is 22.1 Å². The number of rotatable bonds is 3. The molecule has 0 unspecified atom stereocenters. The number of nitro benzene ring substituents is 1. The minimum absolute atomic E-state index is 0.000859. The van der Waals surface area contributed by atoms with E-state index in [4.69, 9.17) is 0 Å². The summed E-state index contributed by atoms with van der Waals surface area (Å²) in [5, 5.41) is 21.7. The monoisotopic (exact) mass is 320 g/mol. The lowest BCUT2D eigenvalue weighted by Gasteiger charge is -2.05. The predicted octanol–water partition coefficient (Wildman–Crippen LogP) is 4.64. The van der Waals surface area contributed by atoms with E-state index in [9.17, 15) is 15.2 Å². The molecule has 0 saturated carbocycles. The predicted molar refractivity (Wildman–Crippen MR) is 94.9 cm³/mol. The highest BCUT2D eigenvalue weighted by atomic mass is 16.6. The Morgan fingerprint density at radius 1 is 1.08 bits per heavy atom. The largest absolute Gasteiger partial charge is 0.507 e. The van der Waals surface area contributed by atoms with Gasteiger partial charge in [0, 0.05) is 11.5 Å². The van der Waals surface area contributed by atoms with Crippen molar-refractivity contribution >= 4 is 28.7 Å². The van der Waals surface area contributed by atoms with E-state index in [1.165, 1.54) is 6.07 Å². The van der Waals surface area contributed by atoms with Crippen molar-refractivity contribution in [2.75, 3.05) is 0 Å². The fourth-order valence-corrected chi connectivity index (χ4v) is 2.65. The van der Waals surface area contributed by atoms with Gasteiger partial charge in [-0.25, -0.2) is 4.98 Å². The highest BCUT2D eigenvalue weighted by Gasteiger charge is 2.12. The van der Waals surface area contributed by atoms with Gasteiger partial charge < -0.3 is 5.11 Å². The van der Waals surface area contributed by atoms with Crippen molar-refractivity contribution in [3.05, 3.63) is 75.0 Å². The third-order valence-electron chi connectivity index (χ3n) is 3.88. The summed E-state index contributed by atoms with van der Waals surface area (Å²) >= 11 is 0.